The largest absolute Gasteiger partial charge is 0.493 e. The highest BCUT2D eigenvalue weighted by Crippen LogP contribution is 2.15. The van der Waals surface area contributed by atoms with Crippen molar-refractivity contribution in [2.24, 2.45) is 0 Å². The fourth-order valence-electron chi connectivity index (χ4n) is 5.78. The molecule has 0 aromatic carbocycles. The number of amides is 2. The van der Waals surface area contributed by atoms with Gasteiger partial charge in [-0.25, -0.2) is 9.59 Å². The van der Waals surface area contributed by atoms with Crippen molar-refractivity contribution >= 4 is 12.0 Å². The number of hydrogen-bond acceptors (Lipinski definition) is 6. The Balaban J connectivity index is 1.64. The molecule has 0 fully saturated rings. The molecule has 2 unspecified atom stereocenters. The summed E-state index contributed by atoms with van der Waals surface area (Å²) in [5.74, 6) is -0.407. The minimum absolute atomic E-state index is 0.0975. The summed E-state index contributed by atoms with van der Waals surface area (Å²) in [5, 5.41) is 16.1. The van der Waals surface area contributed by atoms with Gasteiger partial charge in [0.1, 0.15) is 6.54 Å². The zero-order chi connectivity index (χ0) is 34.3. The van der Waals surface area contributed by atoms with E-state index in [1.165, 1.54) is 86.0 Å². The Labute approximate surface area is 282 Å². The van der Waals surface area contributed by atoms with E-state index in [1.807, 2.05) is 30.7 Å². The summed E-state index contributed by atoms with van der Waals surface area (Å²) in [7, 11) is 1.64. The number of nitrogens with one attached hydrogen (secondary N) is 2. The SMILES string of the molecule is CCCCCCCCCCCCCCCC(NC(=O)OCCCn1c(O)cn(CCNC(=O)c2cccc[n+]2CC)c1=O)C(C)OC. The third-order valence-corrected chi connectivity index (χ3v) is 8.80. The molecule has 11 nitrogen and oxygen atoms in total. The van der Waals surface area contributed by atoms with Gasteiger partial charge in [0, 0.05) is 38.9 Å². The molecule has 0 bridgehead atoms. The normalized spacial score (nSPS) is 12.5. The minimum atomic E-state index is -0.513. The number of aromatic hydroxyl groups is 1. The van der Waals surface area contributed by atoms with Gasteiger partial charge >= 0.3 is 17.7 Å². The number of nitrogens with zero attached hydrogens (tertiary/aromatic N) is 3. The second-order valence-electron chi connectivity index (χ2n) is 12.5. The average Bonchev–Trinajstić information content (AvgIpc) is 3.35. The molecule has 0 saturated carbocycles. The molecule has 0 aliphatic heterocycles. The van der Waals surface area contributed by atoms with Crippen LogP contribution in [0.25, 0.3) is 0 Å². The number of pyridine rings is 1. The molecule has 0 saturated heterocycles. The van der Waals surface area contributed by atoms with E-state index in [9.17, 15) is 19.5 Å². The first kappa shape index (κ1) is 39.8. The van der Waals surface area contributed by atoms with Gasteiger partial charge in [0.2, 0.25) is 5.88 Å². The van der Waals surface area contributed by atoms with Gasteiger partial charge in [-0.1, -0.05) is 90.4 Å². The molecule has 47 heavy (non-hydrogen) atoms. The Morgan fingerprint density at radius 2 is 1.55 bits per heavy atom. The van der Waals surface area contributed by atoms with Crippen LogP contribution in [0.2, 0.25) is 0 Å². The number of carbonyl (C=O) groups is 2. The second-order valence-corrected chi connectivity index (χ2v) is 12.5. The lowest BCUT2D eigenvalue weighted by Crippen LogP contribution is -2.43. The van der Waals surface area contributed by atoms with Gasteiger partial charge in [-0.05, 0) is 32.8 Å². The molecule has 2 aromatic heterocycles. The van der Waals surface area contributed by atoms with E-state index in [-0.39, 0.29) is 50.2 Å². The fourth-order valence-corrected chi connectivity index (χ4v) is 5.78. The maximum Gasteiger partial charge on any atom is 0.407 e. The summed E-state index contributed by atoms with van der Waals surface area (Å²) in [6, 6.07) is 5.27. The first-order chi connectivity index (χ1) is 22.8. The van der Waals surface area contributed by atoms with Crippen molar-refractivity contribution in [3.05, 3.63) is 46.8 Å². The fraction of sp³-hybridized carbons (Fsp3) is 0.722. The van der Waals surface area contributed by atoms with Crippen LogP contribution in [0.3, 0.4) is 0 Å². The lowest BCUT2D eigenvalue weighted by atomic mass is 10.0. The van der Waals surface area contributed by atoms with Crippen molar-refractivity contribution in [1.29, 1.82) is 0 Å². The van der Waals surface area contributed by atoms with Gasteiger partial charge < -0.3 is 25.2 Å². The Bertz CT molecular complexity index is 1210. The second kappa shape index (κ2) is 23.9. The van der Waals surface area contributed by atoms with E-state index >= 15 is 0 Å². The van der Waals surface area contributed by atoms with Crippen LogP contribution in [-0.4, -0.2) is 58.6 Å². The maximum absolute atomic E-state index is 12.8. The van der Waals surface area contributed by atoms with Crippen LogP contribution in [0.5, 0.6) is 5.88 Å². The predicted octanol–water partition coefficient (Wildman–Crippen LogP) is 6.09. The Kier molecular flexibility index (Phi) is 20.3. The summed E-state index contributed by atoms with van der Waals surface area (Å²) < 4.78 is 15.3. The van der Waals surface area contributed by atoms with E-state index in [0.717, 1.165) is 19.3 Å². The lowest BCUT2D eigenvalue weighted by Gasteiger charge is -2.24. The molecule has 0 spiro atoms. The average molecular weight is 661 g/mol. The summed E-state index contributed by atoms with van der Waals surface area (Å²) in [4.78, 5) is 37.9. The zero-order valence-electron chi connectivity index (χ0n) is 29.5. The van der Waals surface area contributed by atoms with E-state index in [4.69, 9.17) is 9.47 Å². The van der Waals surface area contributed by atoms with Crippen molar-refractivity contribution in [2.75, 3.05) is 20.3 Å². The van der Waals surface area contributed by atoms with Crippen LogP contribution >= 0.6 is 0 Å². The molecule has 266 valence electrons. The van der Waals surface area contributed by atoms with Gasteiger partial charge in [0.15, 0.2) is 6.20 Å². The third-order valence-electron chi connectivity index (χ3n) is 8.80. The van der Waals surface area contributed by atoms with Crippen LogP contribution in [0.1, 0.15) is 128 Å². The summed E-state index contributed by atoms with van der Waals surface area (Å²) in [6.45, 7) is 7.55. The highest BCUT2D eigenvalue weighted by molar-refractivity contribution is 5.90. The number of methoxy groups -OCH3 is 1. The number of rotatable bonds is 26. The molecule has 2 heterocycles. The quantitative estimate of drug-likeness (QED) is 0.0828. The standard InChI is InChI=1S/C36H61N5O6/c1-5-7-8-9-10-11-12-13-14-15-16-17-18-22-31(30(3)46-4)38-35(44)47-28-21-26-41-33(42)29-40(36(41)45)27-24-37-34(43)32-23-19-20-25-39(32)6-2/h19-20,23,25,29-31H,5-18,21-22,24,26-28H2,1-4H3,(H2-,37,38,42,43,44)/p+1. The maximum atomic E-state index is 12.8. The molecule has 2 atom stereocenters. The van der Waals surface area contributed by atoms with E-state index in [2.05, 4.69) is 17.6 Å². The molecule has 0 aliphatic carbocycles. The van der Waals surface area contributed by atoms with Crippen LogP contribution < -0.4 is 20.9 Å². The number of aryl methyl sites for hydroxylation is 1. The van der Waals surface area contributed by atoms with Crippen molar-refractivity contribution in [2.45, 2.75) is 149 Å². The van der Waals surface area contributed by atoms with Crippen molar-refractivity contribution < 1.29 is 28.7 Å². The van der Waals surface area contributed by atoms with Gasteiger partial charge in [0.25, 0.3) is 5.69 Å². The Morgan fingerprint density at radius 3 is 2.17 bits per heavy atom. The lowest BCUT2D eigenvalue weighted by molar-refractivity contribution is -0.695. The Morgan fingerprint density at radius 1 is 0.915 bits per heavy atom. The number of ether oxygens (including phenoxy) is 2. The Hall–Kier alpha value is -3.34. The van der Waals surface area contributed by atoms with Crippen LogP contribution in [0, 0.1) is 0 Å². The van der Waals surface area contributed by atoms with Gasteiger partial charge in [0.05, 0.1) is 24.9 Å². The zero-order valence-corrected chi connectivity index (χ0v) is 29.5. The smallest absolute Gasteiger partial charge is 0.407 e. The number of hydrogen-bond donors (Lipinski definition) is 3. The summed E-state index contributed by atoms with van der Waals surface area (Å²) in [6.07, 6.45) is 20.5. The van der Waals surface area contributed by atoms with Crippen LogP contribution in [0.4, 0.5) is 4.79 Å². The van der Waals surface area contributed by atoms with Crippen molar-refractivity contribution in [3.8, 4) is 5.88 Å². The van der Waals surface area contributed by atoms with Gasteiger partial charge in [-0.3, -0.25) is 13.9 Å². The molecule has 11 heteroatoms. The number of carbonyl (C=O) groups excluding carboxylic acids is 2. The molecule has 0 aliphatic rings. The highest BCUT2D eigenvalue weighted by Gasteiger charge is 2.20. The number of aromatic nitrogens is 3. The summed E-state index contributed by atoms with van der Waals surface area (Å²) in [5.41, 5.74) is 0.144. The molecular formula is C36H62N5O6+. The summed E-state index contributed by atoms with van der Waals surface area (Å²) >= 11 is 0. The molecule has 2 aromatic rings. The van der Waals surface area contributed by atoms with Crippen molar-refractivity contribution in [3.63, 3.8) is 0 Å². The highest BCUT2D eigenvalue weighted by atomic mass is 16.5. The molecule has 2 amide bonds. The number of alkyl carbamates (subject to hydrolysis) is 1. The minimum Gasteiger partial charge on any atom is -0.493 e. The number of imidazole rings is 1. The van der Waals surface area contributed by atoms with Crippen molar-refractivity contribution in [1.82, 2.24) is 19.8 Å². The van der Waals surface area contributed by atoms with Crippen LogP contribution in [-0.2, 0) is 29.1 Å². The monoisotopic (exact) mass is 660 g/mol. The van der Waals surface area contributed by atoms with Crippen LogP contribution in [0.15, 0.2) is 35.4 Å². The van der Waals surface area contributed by atoms with Gasteiger partial charge in [-0.2, -0.15) is 4.57 Å². The molecule has 3 N–H and O–H groups in total. The first-order valence-corrected chi connectivity index (χ1v) is 18.0. The predicted molar refractivity (Wildman–Crippen MR) is 185 cm³/mol. The first-order valence-electron chi connectivity index (χ1n) is 18.0. The molecule has 2 rings (SSSR count). The third kappa shape index (κ3) is 15.4. The van der Waals surface area contributed by atoms with Gasteiger partial charge in [-0.15, -0.1) is 0 Å². The van der Waals surface area contributed by atoms with E-state index in [0.29, 0.717) is 18.7 Å². The number of unbranched alkanes of at least 4 members (excludes halogenated alkanes) is 12. The molecule has 0 radical (unpaired) electrons. The van der Waals surface area contributed by atoms with E-state index in [1.54, 1.807) is 19.2 Å². The topological polar surface area (TPSA) is 128 Å². The van der Waals surface area contributed by atoms with E-state index < -0.39 is 11.8 Å². The molecular weight excluding hydrogens is 598 g/mol.